The molecule has 0 heterocycles. The molecule has 15 nitrogen and oxygen atoms in total. The van der Waals surface area contributed by atoms with Crippen LogP contribution >= 0.6 is 0 Å². The molecule has 0 aliphatic rings. The third-order valence-electron chi connectivity index (χ3n) is 6.59. The molecule has 44 heavy (non-hydrogen) atoms. The molecule has 0 saturated heterocycles. The summed E-state index contributed by atoms with van der Waals surface area (Å²) in [6.45, 7) is 4.22. The van der Waals surface area contributed by atoms with Crippen LogP contribution in [-0.4, -0.2) is 92.2 Å². The second kappa shape index (κ2) is 18.9. The van der Waals surface area contributed by atoms with E-state index in [4.69, 9.17) is 10.2 Å². The fourth-order valence-corrected chi connectivity index (χ4v) is 4.33. The van der Waals surface area contributed by atoms with Crippen LogP contribution in [0.4, 0.5) is 0 Å². The Labute approximate surface area is 254 Å². The number of nitrogens with one attached hydrogen (secondary N) is 4. The number of aliphatic carboxylic acids is 3. The van der Waals surface area contributed by atoms with Crippen LogP contribution in [0.3, 0.4) is 0 Å². The van der Waals surface area contributed by atoms with Gasteiger partial charge in [0.2, 0.25) is 23.6 Å². The van der Waals surface area contributed by atoms with E-state index in [1.807, 2.05) is 30.3 Å². The highest BCUT2D eigenvalue weighted by molar-refractivity contribution is 5.95. The Morgan fingerprint density at radius 2 is 1.30 bits per heavy atom. The van der Waals surface area contributed by atoms with E-state index in [1.165, 1.54) is 0 Å². The molecule has 0 aromatic heterocycles. The third-order valence-corrected chi connectivity index (χ3v) is 6.59. The van der Waals surface area contributed by atoms with Crippen LogP contribution in [0.25, 0.3) is 0 Å². The number of benzene rings is 1. The van der Waals surface area contributed by atoms with Gasteiger partial charge in [-0.2, -0.15) is 0 Å². The molecular formula is C29H42N4O11. The highest BCUT2D eigenvalue weighted by atomic mass is 16.4. The van der Waals surface area contributed by atoms with Crippen molar-refractivity contribution in [1.29, 1.82) is 0 Å². The number of carbonyl (C=O) groups is 7. The monoisotopic (exact) mass is 622 g/mol. The van der Waals surface area contributed by atoms with Crippen LogP contribution in [-0.2, 0) is 40.0 Å². The molecule has 4 amide bonds. The maximum absolute atomic E-state index is 13.2. The second-order valence-corrected chi connectivity index (χ2v) is 10.7. The molecule has 0 unspecified atom stereocenters. The maximum Gasteiger partial charge on any atom is 0.305 e. The minimum atomic E-state index is -1.56. The van der Waals surface area contributed by atoms with Gasteiger partial charge in [0.15, 0.2) is 0 Å². The van der Waals surface area contributed by atoms with Crippen molar-refractivity contribution in [3.05, 3.63) is 35.9 Å². The zero-order chi connectivity index (χ0) is 33.4. The molecule has 0 saturated carbocycles. The van der Waals surface area contributed by atoms with Gasteiger partial charge in [-0.3, -0.25) is 33.6 Å². The maximum atomic E-state index is 13.2. The van der Waals surface area contributed by atoms with Gasteiger partial charge in [-0.1, -0.05) is 44.2 Å². The van der Waals surface area contributed by atoms with E-state index in [0.29, 0.717) is 12.8 Å². The topological polar surface area (TPSA) is 249 Å². The van der Waals surface area contributed by atoms with Crippen LogP contribution in [0.1, 0.15) is 64.9 Å². The molecule has 15 heteroatoms. The van der Waals surface area contributed by atoms with Gasteiger partial charge in [0.25, 0.3) is 0 Å². The summed E-state index contributed by atoms with van der Waals surface area (Å²) in [5.41, 5.74) is 1.03. The molecule has 0 aliphatic heterocycles. The van der Waals surface area contributed by atoms with E-state index in [-0.39, 0.29) is 6.42 Å². The van der Waals surface area contributed by atoms with Crippen molar-refractivity contribution < 1.29 is 54.0 Å². The van der Waals surface area contributed by atoms with Crippen molar-refractivity contribution in [3.8, 4) is 0 Å². The van der Waals surface area contributed by atoms with Gasteiger partial charge in [0, 0.05) is 13.3 Å². The van der Waals surface area contributed by atoms with E-state index >= 15 is 0 Å². The zero-order valence-electron chi connectivity index (χ0n) is 24.9. The molecule has 5 atom stereocenters. The van der Waals surface area contributed by atoms with Crippen molar-refractivity contribution in [3.63, 3.8) is 0 Å². The first-order valence-corrected chi connectivity index (χ1v) is 14.2. The summed E-state index contributed by atoms with van der Waals surface area (Å²) in [5, 5.41) is 47.6. The lowest BCUT2D eigenvalue weighted by Crippen LogP contribution is -2.59. The number of aliphatic hydroxyl groups excluding tert-OH is 1. The van der Waals surface area contributed by atoms with E-state index < -0.39 is 103 Å². The first-order valence-electron chi connectivity index (χ1n) is 14.2. The quantitative estimate of drug-likeness (QED) is 0.0945. The lowest BCUT2D eigenvalue weighted by atomic mass is 9.97. The number of carboxylic acid groups (broad SMARTS) is 3. The summed E-state index contributed by atoms with van der Waals surface area (Å²) in [6.07, 6.45) is -2.32. The van der Waals surface area contributed by atoms with Crippen LogP contribution in [0, 0.1) is 5.92 Å². The smallest absolute Gasteiger partial charge is 0.305 e. The molecule has 0 aliphatic carbocycles. The Kier molecular flexibility index (Phi) is 16.1. The molecule has 244 valence electrons. The molecule has 0 radical (unpaired) electrons. The van der Waals surface area contributed by atoms with Crippen LogP contribution in [0.2, 0.25) is 0 Å². The molecule has 0 spiro atoms. The van der Waals surface area contributed by atoms with Crippen molar-refractivity contribution in [2.75, 3.05) is 0 Å². The van der Waals surface area contributed by atoms with Crippen molar-refractivity contribution in [2.24, 2.45) is 5.92 Å². The lowest BCUT2D eigenvalue weighted by molar-refractivity contribution is -0.142. The van der Waals surface area contributed by atoms with Gasteiger partial charge < -0.3 is 41.7 Å². The van der Waals surface area contributed by atoms with E-state index in [0.717, 1.165) is 12.5 Å². The number of carboxylic acids is 3. The van der Waals surface area contributed by atoms with Crippen LogP contribution in [0.15, 0.2) is 30.3 Å². The summed E-state index contributed by atoms with van der Waals surface area (Å²) in [5.74, 6) is -8.11. The minimum Gasteiger partial charge on any atom is -0.481 e. The minimum absolute atomic E-state index is 0.181. The number of rotatable bonds is 20. The van der Waals surface area contributed by atoms with E-state index in [2.05, 4.69) is 21.3 Å². The Morgan fingerprint density at radius 1 is 0.705 bits per heavy atom. The zero-order valence-corrected chi connectivity index (χ0v) is 24.9. The lowest BCUT2D eigenvalue weighted by Gasteiger charge is -2.29. The molecule has 0 bridgehead atoms. The number of hydrogen-bond acceptors (Lipinski definition) is 8. The Morgan fingerprint density at radius 3 is 1.82 bits per heavy atom. The van der Waals surface area contributed by atoms with Crippen LogP contribution in [0.5, 0.6) is 0 Å². The van der Waals surface area contributed by atoms with E-state index in [1.54, 1.807) is 13.8 Å². The molecule has 1 aromatic rings. The Bertz CT molecular complexity index is 1140. The molecule has 1 rings (SSSR count). The molecule has 8 N–H and O–H groups in total. The van der Waals surface area contributed by atoms with Gasteiger partial charge in [0.05, 0.1) is 25.0 Å². The number of amides is 4. The normalized spacial score (nSPS) is 14.3. The molecule has 1 aromatic carbocycles. The van der Waals surface area contributed by atoms with E-state index in [9.17, 15) is 43.8 Å². The van der Waals surface area contributed by atoms with Gasteiger partial charge in [-0.15, -0.1) is 0 Å². The summed E-state index contributed by atoms with van der Waals surface area (Å²) in [7, 11) is 0. The number of aliphatic hydroxyl groups is 1. The molecular weight excluding hydrogens is 580 g/mol. The average Bonchev–Trinajstić information content (AvgIpc) is 2.92. The summed E-state index contributed by atoms with van der Waals surface area (Å²) >= 11 is 0. The number of aryl methyl sites for hydroxylation is 1. The standard InChI is InChI=1S/C29H42N4O11/c1-16(2)26(29(44)32-20(14-24(38)39)22(35)11-7-10-18-8-5-4-6-9-18)33-27(42)19(12-13-23(36)37)31-28(43)21(15-25(40)41)30-17(3)34/h4-6,8-9,16,19-22,26,35H,7,10-15H2,1-3H3,(H,30,34)(H,31,43)(H,32,44)(H,33,42)(H,36,37)(H,38,39)(H,40,41)/t19-,20-,21-,22+,26-/m0/s1. The Balaban J connectivity index is 3.04. The summed E-state index contributed by atoms with van der Waals surface area (Å²) in [4.78, 5) is 84.5. The molecule has 0 fully saturated rings. The predicted octanol–water partition coefficient (Wildman–Crippen LogP) is -0.200. The van der Waals surface area contributed by atoms with Crippen LogP contribution < -0.4 is 21.3 Å². The fraction of sp³-hybridized carbons (Fsp3) is 0.552. The second-order valence-electron chi connectivity index (χ2n) is 10.7. The number of hydrogen-bond donors (Lipinski definition) is 8. The van der Waals surface area contributed by atoms with Crippen molar-refractivity contribution in [1.82, 2.24) is 21.3 Å². The average molecular weight is 623 g/mol. The van der Waals surface area contributed by atoms with Gasteiger partial charge in [-0.05, 0) is 37.2 Å². The fourth-order valence-electron chi connectivity index (χ4n) is 4.33. The highest BCUT2D eigenvalue weighted by Crippen LogP contribution is 2.13. The Hall–Kier alpha value is -4.53. The first-order chi connectivity index (χ1) is 20.6. The predicted molar refractivity (Wildman–Crippen MR) is 155 cm³/mol. The van der Waals surface area contributed by atoms with Gasteiger partial charge in [0.1, 0.15) is 18.1 Å². The summed E-state index contributed by atoms with van der Waals surface area (Å²) in [6, 6.07) is 3.86. The van der Waals surface area contributed by atoms with Gasteiger partial charge in [-0.25, -0.2) is 0 Å². The SMILES string of the molecule is CC(=O)N[C@@H](CC(=O)O)C(=O)N[C@@H](CCC(=O)O)C(=O)N[C@H](C(=O)N[C@@H](CC(=O)O)[C@H](O)CCCc1ccccc1)C(C)C. The van der Waals surface area contributed by atoms with Crippen molar-refractivity contribution in [2.45, 2.75) is 96.0 Å². The number of carbonyl (C=O) groups excluding carboxylic acids is 4. The highest BCUT2D eigenvalue weighted by Gasteiger charge is 2.33. The first kappa shape index (κ1) is 37.5. The largest absolute Gasteiger partial charge is 0.481 e. The summed E-state index contributed by atoms with van der Waals surface area (Å²) < 4.78 is 0. The van der Waals surface area contributed by atoms with Crippen molar-refractivity contribution >= 4 is 41.5 Å². The van der Waals surface area contributed by atoms with Gasteiger partial charge >= 0.3 is 17.9 Å². The third kappa shape index (κ3) is 14.6.